The highest BCUT2D eigenvalue weighted by Crippen LogP contribution is 2.74. The maximum atomic E-state index is 11.5. The van der Waals surface area contributed by atoms with Crippen molar-refractivity contribution in [2.75, 3.05) is 26.7 Å². The van der Waals surface area contributed by atoms with E-state index in [9.17, 15) is 4.79 Å². The normalized spacial score (nSPS) is 42.3. The number of carbonyl (C=O) groups excluding carboxylic acids is 1. The number of nitrogens with one attached hydrogen (secondary N) is 1. The van der Waals surface area contributed by atoms with Crippen LogP contribution in [-0.2, 0) is 10.3 Å². The van der Waals surface area contributed by atoms with Gasteiger partial charge in [-0.3, -0.25) is 9.69 Å². The average molecular weight is 333 g/mol. The van der Waals surface area contributed by atoms with E-state index in [-0.39, 0.29) is 11.5 Å². The summed E-state index contributed by atoms with van der Waals surface area (Å²) < 4.78 is 6.19. The summed E-state index contributed by atoms with van der Waals surface area (Å²) in [7, 11) is 1.85. The largest absolute Gasteiger partial charge is 0.372 e. The molecule has 1 aromatic rings. The number of methoxy groups -OCH3 is 1. The van der Waals surface area contributed by atoms with Gasteiger partial charge in [0, 0.05) is 55.0 Å². The molecule has 0 bridgehead atoms. The van der Waals surface area contributed by atoms with Gasteiger partial charge in [-0.05, 0) is 25.0 Å². The van der Waals surface area contributed by atoms with Crippen LogP contribution in [-0.4, -0.2) is 49.1 Å². The molecule has 2 saturated carbocycles. The van der Waals surface area contributed by atoms with Gasteiger partial charge in [-0.15, -0.1) is 11.3 Å². The summed E-state index contributed by atoms with van der Waals surface area (Å²) in [6.45, 7) is 3.39. The van der Waals surface area contributed by atoms with Crippen molar-refractivity contribution in [3.05, 3.63) is 21.9 Å². The molecule has 124 valence electrons. The minimum Gasteiger partial charge on any atom is -0.372 e. The van der Waals surface area contributed by atoms with Gasteiger partial charge in [0.15, 0.2) is 0 Å². The molecule has 4 fully saturated rings. The zero-order chi connectivity index (χ0) is 15.8. The fraction of sp³-hybridized carbons (Fsp3) is 0.706. The predicted molar refractivity (Wildman–Crippen MR) is 88.4 cm³/mol. The summed E-state index contributed by atoms with van der Waals surface area (Å²) in [4.78, 5) is 16.1. The van der Waals surface area contributed by atoms with Crippen LogP contribution in [0, 0.1) is 11.8 Å². The molecule has 4 atom stereocenters. The number of amides is 1. The number of carbonyl (C=O) groups is 1. The maximum Gasteiger partial charge on any atom is 0.258 e. The molecule has 3 N–H and O–H groups in total. The van der Waals surface area contributed by atoms with Crippen LogP contribution in [0.5, 0.6) is 0 Å². The molecule has 6 heteroatoms. The number of hydrogen-bond acceptors (Lipinski definition) is 5. The van der Waals surface area contributed by atoms with Crippen molar-refractivity contribution in [1.82, 2.24) is 10.2 Å². The SMILES string of the molecule is COC1(c2ccc(C(N)=O)s2)C2CCCC23C1CN3C1CNC1. The number of primary amides is 1. The Labute approximate surface area is 140 Å². The summed E-state index contributed by atoms with van der Waals surface area (Å²) in [6.07, 6.45) is 3.82. The monoisotopic (exact) mass is 333 g/mol. The van der Waals surface area contributed by atoms with Crippen LogP contribution in [0.25, 0.3) is 0 Å². The molecule has 2 aliphatic carbocycles. The quantitative estimate of drug-likeness (QED) is 0.867. The second-order valence-electron chi connectivity index (χ2n) is 7.48. The Morgan fingerprint density at radius 1 is 1.43 bits per heavy atom. The number of hydrogen-bond donors (Lipinski definition) is 2. The van der Waals surface area contributed by atoms with E-state index in [1.165, 1.54) is 35.5 Å². The average Bonchev–Trinajstić information content (AvgIpc) is 3.11. The van der Waals surface area contributed by atoms with Crippen LogP contribution in [0.2, 0.25) is 0 Å². The maximum absolute atomic E-state index is 11.5. The second-order valence-corrected chi connectivity index (χ2v) is 8.56. The van der Waals surface area contributed by atoms with Gasteiger partial charge < -0.3 is 15.8 Å². The Kier molecular flexibility index (Phi) is 2.86. The van der Waals surface area contributed by atoms with Crippen molar-refractivity contribution >= 4 is 17.2 Å². The first kappa shape index (κ1) is 14.4. The first-order valence-electron chi connectivity index (χ1n) is 8.57. The van der Waals surface area contributed by atoms with Crippen LogP contribution < -0.4 is 11.1 Å². The smallest absolute Gasteiger partial charge is 0.258 e. The van der Waals surface area contributed by atoms with Crippen molar-refractivity contribution in [2.45, 2.75) is 36.4 Å². The van der Waals surface area contributed by atoms with Crippen LogP contribution in [0.4, 0.5) is 0 Å². The van der Waals surface area contributed by atoms with E-state index < -0.39 is 0 Å². The molecule has 5 nitrogen and oxygen atoms in total. The van der Waals surface area contributed by atoms with Gasteiger partial charge in [0.2, 0.25) is 0 Å². The van der Waals surface area contributed by atoms with Gasteiger partial charge in [0.05, 0.1) is 4.88 Å². The molecule has 23 heavy (non-hydrogen) atoms. The Balaban J connectivity index is 1.51. The van der Waals surface area contributed by atoms with Crippen LogP contribution in [0.3, 0.4) is 0 Å². The fourth-order valence-corrected chi connectivity index (χ4v) is 7.15. The number of nitrogens with zero attached hydrogens (tertiary/aromatic N) is 1. The first-order valence-corrected chi connectivity index (χ1v) is 9.39. The van der Waals surface area contributed by atoms with Gasteiger partial charge in [-0.1, -0.05) is 6.42 Å². The summed E-state index contributed by atoms with van der Waals surface area (Å²) in [5, 5.41) is 3.41. The molecular weight excluding hydrogens is 310 g/mol. The summed E-state index contributed by atoms with van der Waals surface area (Å²) in [5.41, 5.74) is 5.62. The number of piperidine rings is 1. The lowest BCUT2D eigenvalue weighted by atomic mass is 9.43. The van der Waals surface area contributed by atoms with E-state index in [0.717, 1.165) is 19.6 Å². The standard InChI is InChI=1S/C17H23N3O2S/c1-22-17(14-5-4-11(23-14)15(18)21)12-3-2-6-16(12)13(17)9-20(16)10-7-19-8-10/h4-5,10,12-13,19H,2-3,6-9H2,1H3,(H2,18,21). The van der Waals surface area contributed by atoms with Crippen LogP contribution >= 0.6 is 11.3 Å². The molecular formula is C17H23N3O2S. The zero-order valence-corrected chi connectivity index (χ0v) is 14.2. The molecule has 4 aliphatic rings. The van der Waals surface area contributed by atoms with Gasteiger partial charge in [0.25, 0.3) is 5.91 Å². The number of ether oxygens (including phenoxy) is 1. The molecule has 1 aromatic heterocycles. The van der Waals surface area contributed by atoms with E-state index >= 15 is 0 Å². The molecule has 5 rings (SSSR count). The number of thiophene rings is 1. The molecule has 1 spiro atoms. The number of rotatable bonds is 4. The van der Waals surface area contributed by atoms with Crippen molar-refractivity contribution in [1.29, 1.82) is 0 Å². The van der Waals surface area contributed by atoms with Crippen molar-refractivity contribution in [2.24, 2.45) is 17.6 Å². The highest BCUT2D eigenvalue weighted by atomic mass is 32.1. The van der Waals surface area contributed by atoms with E-state index in [1.54, 1.807) is 0 Å². The highest BCUT2D eigenvalue weighted by Gasteiger charge is 2.81. The topological polar surface area (TPSA) is 67.6 Å². The third-order valence-electron chi connectivity index (χ3n) is 7.00. The highest BCUT2D eigenvalue weighted by molar-refractivity contribution is 7.14. The van der Waals surface area contributed by atoms with Gasteiger partial charge in [-0.2, -0.15) is 0 Å². The molecule has 0 aromatic carbocycles. The van der Waals surface area contributed by atoms with Crippen molar-refractivity contribution < 1.29 is 9.53 Å². The Morgan fingerprint density at radius 2 is 2.26 bits per heavy atom. The van der Waals surface area contributed by atoms with E-state index in [2.05, 4.69) is 16.3 Å². The lowest BCUT2D eigenvalue weighted by Crippen LogP contribution is -2.89. The van der Waals surface area contributed by atoms with Gasteiger partial charge >= 0.3 is 0 Å². The molecule has 3 heterocycles. The summed E-state index contributed by atoms with van der Waals surface area (Å²) in [6, 6.07) is 4.65. The van der Waals surface area contributed by atoms with Crippen LogP contribution in [0.1, 0.15) is 33.8 Å². The third kappa shape index (κ3) is 1.47. The third-order valence-corrected chi connectivity index (χ3v) is 8.23. The zero-order valence-electron chi connectivity index (χ0n) is 13.4. The van der Waals surface area contributed by atoms with E-state index in [4.69, 9.17) is 10.5 Å². The minimum absolute atomic E-state index is 0.192. The number of likely N-dealkylation sites (tertiary alicyclic amines) is 1. The minimum atomic E-state index is -0.333. The summed E-state index contributed by atoms with van der Waals surface area (Å²) >= 11 is 1.53. The van der Waals surface area contributed by atoms with E-state index in [1.807, 2.05) is 13.2 Å². The van der Waals surface area contributed by atoms with Gasteiger partial charge in [0.1, 0.15) is 5.60 Å². The molecule has 1 amide bonds. The summed E-state index contributed by atoms with van der Waals surface area (Å²) in [5.74, 6) is 0.784. The molecule has 4 unspecified atom stereocenters. The Morgan fingerprint density at radius 3 is 2.87 bits per heavy atom. The molecule has 2 aliphatic heterocycles. The Hall–Kier alpha value is -0.950. The van der Waals surface area contributed by atoms with E-state index in [0.29, 0.717) is 28.3 Å². The van der Waals surface area contributed by atoms with Crippen molar-refractivity contribution in [3.63, 3.8) is 0 Å². The van der Waals surface area contributed by atoms with Gasteiger partial charge in [-0.25, -0.2) is 0 Å². The second kappa shape index (κ2) is 4.57. The molecule has 2 saturated heterocycles. The van der Waals surface area contributed by atoms with Crippen molar-refractivity contribution in [3.8, 4) is 0 Å². The lowest BCUT2D eigenvalue weighted by Gasteiger charge is -2.78. The first-order chi connectivity index (χ1) is 11.1. The fourth-order valence-electron chi connectivity index (χ4n) is 6.02. The number of nitrogens with two attached hydrogens (primary N) is 1. The Bertz CT molecular complexity index is 673. The predicted octanol–water partition coefficient (Wildman–Crippen LogP) is 1.14. The van der Waals surface area contributed by atoms with Crippen LogP contribution in [0.15, 0.2) is 12.1 Å². The molecule has 0 radical (unpaired) electrons. The lowest BCUT2D eigenvalue weighted by molar-refractivity contribution is -0.341.